The second kappa shape index (κ2) is 7.37. The standard InChI is InChI=1S/C11H17N3OS2/c1-8(7-15-3)12-11(16)14-13-9(2)10-5-4-6-17-10/h4-6,8H,7H2,1-3H3,(H2,12,14,16)/b13-9-/t8-/m1/s1. The molecular formula is C11H17N3OS2. The number of thiophene rings is 1. The minimum Gasteiger partial charge on any atom is -0.383 e. The van der Waals surface area contributed by atoms with Gasteiger partial charge in [0.05, 0.1) is 12.3 Å². The van der Waals surface area contributed by atoms with E-state index in [0.29, 0.717) is 11.7 Å². The maximum absolute atomic E-state index is 5.11. The summed E-state index contributed by atoms with van der Waals surface area (Å²) in [6, 6.07) is 4.18. The van der Waals surface area contributed by atoms with Crippen molar-refractivity contribution < 1.29 is 4.74 Å². The van der Waals surface area contributed by atoms with Crippen LogP contribution in [0.5, 0.6) is 0 Å². The molecule has 94 valence electrons. The summed E-state index contributed by atoms with van der Waals surface area (Å²) in [5.74, 6) is 0. The SMILES string of the molecule is COC[C@@H](C)NC(=S)N/N=C(/C)c1cccs1. The van der Waals surface area contributed by atoms with Gasteiger partial charge in [-0.05, 0) is 37.5 Å². The van der Waals surface area contributed by atoms with E-state index in [2.05, 4.69) is 15.8 Å². The van der Waals surface area contributed by atoms with Gasteiger partial charge in [-0.15, -0.1) is 11.3 Å². The number of thiocarbonyl (C=S) groups is 1. The number of hydrogen-bond acceptors (Lipinski definition) is 4. The summed E-state index contributed by atoms with van der Waals surface area (Å²) in [6.45, 7) is 4.54. The lowest BCUT2D eigenvalue weighted by Crippen LogP contribution is -2.40. The maximum Gasteiger partial charge on any atom is 0.187 e. The number of ether oxygens (including phenoxy) is 1. The van der Waals surface area contributed by atoms with Crippen LogP contribution in [-0.4, -0.2) is 30.6 Å². The fourth-order valence-corrected chi connectivity index (χ4v) is 2.15. The van der Waals surface area contributed by atoms with Gasteiger partial charge in [-0.25, -0.2) is 0 Å². The molecule has 4 nitrogen and oxygen atoms in total. The second-order valence-corrected chi connectivity index (χ2v) is 4.97. The molecule has 0 saturated carbocycles. The van der Waals surface area contributed by atoms with Crippen molar-refractivity contribution in [2.24, 2.45) is 5.10 Å². The third-order valence-electron chi connectivity index (χ3n) is 2.00. The van der Waals surface area contributed by atoms with Gasteiger partial charge in [0.1, 0.15) is 0 Å². The minimum atomic E-state index is 0.164. The Labute approximate surface area is 111 Å². The van der Waals surface area contributed by atoms with Crippen molar-refractivity contribution >= 4 is 34.4 Å². The van der Waals surface area contributed by atoms with Crippen molar-refractivity contribution in [1.29, 1.82) is 0 Å². The molecule has 0 spiro atoms. The van der Waals surface area contributed by atoms with Crippen LogP contribution in [0.4, 0.5) is 0 Å². The van der Waals surface area contributed by atoms with E-state index in [4.69, 9.17) is 17.0 Å². The molecule has 1 rings (SSSR count). The summed E-state index contributed by atoms with van der Waals surface area (Å²) >= 11 is 6.76. The van der Waals surface area contributed by atoms with E-state index in [1.165, 1.54) is 0 Å². The highest BCUT2D eigenvalue weighted by Gasteiger charge is 2.03. The Morgan fingerprint density at radius 2 is 2.41 bits per heavy atom. The molecule has 1 aromatic rings. The van der Waals surface area contributed by atoms with E-state index >= 15 is 0 Å². The molecule has 0 fully saturated rings. The number of methoxy groups -OCH3 is 1. The van der Waals surface area contributed by atoms with Gasteiger partial charge in [-0.2, -0.15) is 5.10 Å². The maximum atomic E-state index is 5.11. The fourth-order valence-electron chi connectivity index (χ4n) is 1.22. The lowest BCUT2D eigenvalue weighted by atomic mass is 10.3. The average molecular weight is 271 g/mol. The van der Waals surface area contributed by atoms with Crippen LogP contribution < -0.4 is 10.7 Å². The molecule has 1 atom stereocenters. The van der Waals surface area contributed by atoms with Crippen molar-refractivity contribution in [3.63, 3.8) is 0 Å². The Morgan fingerprint density at radius 1 is 1.65 bits per heavy atom. The van der Waals surface area contributed by atoms with Crippen molar-refractivity contribution in [2.45, 2.75) is 19.9 Å². The van der Waals surface area contributed by atoms with Crippen LogP contribution in [0.3, 0.4) is 0 Å². The first-order valence-electron chi connectivity index (χ1n) is 5.27. The van der Waals surface area contributed by atoms with Gasteiger partial charge < -0.3 is 10.1 Å². The summed E-state index contributed by atoms with van der Waals surface area (Å²) in [6.07, 6.45) is 0. The van der Waals surface area contributed by atoms with Crippen molar-refractivity contribution in [2.75, 3.05) is 13.7 Å². The van der Waals surface area contributed by atoms with Gasteiger partial charge >= 0.3 is 0 Å². The Hall–Kier alpha value is -0.980. The van der Waals surface area contributed by atoms with Gasteiger partial charge in [0.2, 0.25) is 0 Å². The van der Waals surface area contributed by atoms with Crippen LogP contribution in [0.25, 0.3) is 0 Å². The van der Waals surface area contributed by atoms with Gasteiger partial charge in [-0.1, -0.05) is 6.07 Å². The van der Waals surface area contributed by atoms with E-state index in [1.54, 1.807) is 18.4 Å². The number of hydrazone groups is 1. The molecule has 0 aliphatic carbocycles. The van der Waals surface area contributed by atoms with E-state index in [0.717, 1.165) is 10.6 Å². The topological polar surface area (TPSA) is 45.6 Å². The van der Waals surface area contributed by atoms with Gasteiger partial charge in [-0.3, -0.25) is 5.43 Å². The zero-order valence-corrected chi connectivity index (χ0v) is 11.8. The first-order valence-corrected chi connectivity index (χ1v) is 6.56. The molecule has 2 N–H and O–H groups in total. The molecule has 0 aliphatic rings. The van der Waals surface area contributed by atoms with E-state index in [-0.39, 0.29) is 6.04 Å². The zero-order valence-electron chi connectivity index (χ0n) is 10.2. The summed E-state index contributed by atoms with van der Waals surface area (Å²) in [4.78, 5) is 1.13. The molecule has 17 heavy (non-hydrogen) atoms. The van der Waals surface area contributed by atoms with E-state index < -0.39 is 0 Å². The lowest BCUT2D eigenvalue weighted by Gasteiger charge is -2.14. The monoisotopic (exact) mass is 271 g/mol. The highest BCUT2D eigenvalue weighted by atomic mass is 32.1. The van der Waals surface area contributed by atoms with Crippen LogP contribution in [0.1, 0.15) is 18.7 Å². The van der Waals surface area contributed by atoms with Crippen molar-refractivity contribution in [3.8, 4) is 0 Å². The predicted octanol–water partition coefficient (Wildman–Crippen LogP) is 1.97. The smallest absolute Gasteiger partial charge is 0.187 e. The molecule has 0 unspecified atom stereocenters. The minimum absolute atomic E-state index is 0.164. The average Bonchev–Trinajstić information content (AvgIpc) is 2.79. The third-order valence-corrected chi connectivity index (χ3v) is 3.18. The predicted molar refractivity (Wildman–Crippen MR) is 76.7 cm³/mol. The van der Waals surface area contributed by atoms with E-state index in [1.807, 2.05) is 31.4 Å². The van der Waals surface area contributed by atoms with Crippen LogP contribution in [0.15, 0.2) is 22.6 Å². The third kappa shape index (κ3) is 5.25. The molecule has 0 radical (unpaired) electrons. The first kappa shape index (κ1) is 14.1. The number of nitrogens with one attached hydrogen (secondary N) is 2. The first-order chi connectivity index (χ1) is 8.13. The van der Waals surface area contributed by atoms with Crippen LogP contribution in [0, 0.1) is 0 Å². The molecule has 0 aliphatic heterocycles. The Morgan fingerprint density at radius 3 is 3.00 bits per heavy atom. The lowest BCUT2D eigenvalue weighted by molar-refractivity contribution is 0.179. The Balaban J connectivity index is 2.39. The molecular weight excluding hydrogens is 254 g/mol. The van der Waals surface area contributed by atoms with Crippen molar-refractivity contribution in [1.82, 2.24) is 10.7 Å². The largest absolute Gasteiger partial charge is 0.383 e. The van der Waals surface area contributed by atoms with Crippen molar-refractivity contribution in [3.05, 3.63) is 22.4 Å². The molecule has 1 aromatic heterocycles. The molecule has 0 amide bonds. The zero-order chi connectivity index (χ0) is 12.7. The second-order valence-electron chi connectivity index (χ2n) is 3.62. The summed E-state index contributed by atoms with van der Waals surface area (Å²) in [7, 11) is 1.66. The van der Waals surface area contributed by atoms with Crippen LogP contribution >= 0.6 is 23.6 Å². The van der Waals surface area contributed by atoms with Crippen LogP contribution in [0.2, 0.25) is 0 Å². The van der Waals surface area contributed by atoms with Crippen LogP contribution in [-0.2, 0) is 4.74 Å². The van der Waals surface area contributed by atoms with Gasteiger partial charge in [0.15, 0.2) is 5.11 Å². The summed E-state index contributed by atoms with van der Waals surface area (Å²) < 4.78 is 5.00. The number of hydrogen-bond donors (Lipinski definition) is 2. The number of rotatable bonds is 5. The highest BCUT2D eigenvalue weighted by Crippen LogP contribution is 2.09. The Kier molecular flexibility index (Phi) is 6.10. The quantitative estimate of drug-likeness (QED) is 0.488. The Bertz CT molecular complexity index is 376. The van der Waals surface area contributed by atoms with Gasteiger partial charge in [0, 0.05) is 18.0 Å². The fraction of sp³-hybridized carbons (Fsp3) is 0.455. The normalized spacial score (nSPS) is 13.2. The molecule has 0 aromatic carbocycles. The molecule has 0 bridgehead atoms. The molecule has 6 heteroatoms. The molecule has 1 heterocycles. The summed E-state index contributed by atoms with van der Waals surface area (Å²) in [5, 5.41) is 9.81. The van der Waals surface area contributed by atoms with E-state index in [9.17, 15) is 0 Å². The highest BCUT2D eigenvalue weighted by molar-refractivity contribution is 7.80. The molecule has 0 saturated heterocycles. The summed E-state index contributed by atoms with van der Waals surface area (Å²) in [5.41, 5.74) is 3.74. The number of nitrogens with zero attached hydrogens (tertiary/aromatic N) is 1. The van der Waals surface area contributed by atoms with Gasteiger partial charge in [0.25, 0.3) is 0 Å².